The minimum Gasteiger partial charge on any atom is -0.480 e. The molecule has 1 unspecified atom stereocenters. The van der Waals surface area contributed by atoms with Crippen molar-refractivity contribution < 1.29 is 14.7 Å². The van der Waals surface area contributed by atoms with Crippen LogP contribution in [0.3, 0.4) is 0 Å². The van der Waals surface area contributed by atoms with Crippen molar-refractivity contribution in [2.24, 2.45) is 5.92 Å². The Labute approximate surface area is 106 Å². The molecular formula is C12H19NO3S. The summed E-state index contributed by atoms with van der Waals surface area (Å²) in [6.45, 7) is 2.43. The van der Waals surface area contributed by atoms with Gasteiger partial charge in [-0.1, -0.05) is 0 Å². The highest BCUT2D eigenvalue weighted by atomic mass is 32.2. The van der Waals surface area contributed by atoms with E-state index < -0.39 is 5.97 Å². The van der Waals surface area contributed by atoms with Crippen LogP contribution in [0.2, 0.25) is 0 Å². The highest BCUT2D eigenvalue weighted by Crippen LogP contribution is 2.40. The molecule has 1 heterocycles. The average molecular weight is 257 g/mol. The van der Waals surface area contributed by atoms with Crippen molar-refractivity contribution in [3.63, 3.8) is 0 Å². The highest BCUT2D eigenvalue weighted by molar-refractivity contribution is 8.01. The Morgan fingerprint density at radius 2 is 2.18 bits per heavy atom. The van der Waals surface area contributed by atoms with Crippen LogP contribution in [-0.4, -0.2) is 45.5 Å². The van der Waals surface area contributed by atoms with E-state index in [0.717, 1.165) is 31.4 Å². The molecule has 0 aromatic carbocycles. The highest BCUT2D eigenvalue weighted by Gasteiger charge is 2.41. The van der Waals surface area contributed by atoms with Crippen LogP contribution < -0.4 is 0 Å². The van der Waals surface area contributed by atoms with Crippen molar-refractivity contribution in [1.82, 2.24) is 4.90 Å². The molecule has 0 aromatic rings. The predicted molar refractivity (Wildman–Crippen MR) is 67.0 cm³/mol. The predicted octanol–water partition coefficient (Wildman–Crippen LogP) is 1.60. The zero-order valence-corrected chi connectivity index (χ0v) is 11.0. The van der Waals surface area contributed by atoms with E-state index in [1.165, 1.54) is 0 Å². The first-order chi connectivity index (χ1) is 8.01. The molecule has 1 saturated heterocycles. The van der Waals surface area contributed by atoms with Gasteiger partial charge >= 0.3 is 5.97 Å². The fraction of sp³-hybridized carbons (Fsp3) is 0.833. The number of carbonyl (C=O) groups is 2. The monoisotopic (exact) mass is 257 g/mol. The first kappa shape index (κ1) is 12.7. The summed E-state index contributed by atoms with van der Waals surface area (Å²) in [4.78, 5) is 24.8. The molecule has 0 radical (unpaired) electrons. The molecule has 2 aliphatic rings. The summed E-state index contributed by atoms with van der Waals surface area (Å²) in [6, 6.07) is 0. The van der Waals surface area contributed by atoms with E-state index in [1.807, 2.05) is 6.92 Å². The number of carbonyl (C=O) groups excluding carboxylic acids is 1. The lowest BCUT2D eigenvalue weighted by atomic mass is 10.0. The van der Waals surface area contributed by atoms with Gasteiger partial charge in [0.05, 0.1) is 4.75 Å². The zero-order valence-electron chi connectivity index (χ0n) is 10.1. The molecule has 1 aliphatic heterocycles. The number of hydrogen-bond acceptors (Lipinski definition) is 3. The Hall–Kier alpha value is -0.710. The van der Waals surface area contributed by atoms with Crippen LogP contribution >= 0.6 is 11.8 Å². The Kier molecular flexibility index (Phi) is 3.66. The lowest BCUT2D eigenvalue weighted by Gasteiger charge is -2.30. The van der Waals surface area contributed by atoms with Crippen molar-refractivity contribution in [2.45, 2.75) is 37.4 Å². The van der Waals surface area contributed by atoms with Crippen LogP contribution in [-0.2, 0) is 9.59 Å². The van der Waals surface area contributed by atoms with Crippen molar-refractivity contribution >= 4 is 23.6 Å². The van der Waals surface area contributed by atoms with Gasteiger partial charge in [-0.25, -0.2) is 0 Å². The van der Waals surface area contributed by atoms with Crippen molar-refractivity contribution in [1.29, 1.82) is 0 Å². The normalized spacial score (nSPS) is 28.1. The first-order valence-electron chi connectivity index (χ1n) is 6.16. The van der Waals surface area contributed by atoms with Gasteiger partial charge in [-0.05, 0) is 44.3 Å². The van der Waals surface area contributed by atoms with Crippen molar-refractivity contribution in [2.75, 3.05) is 18.8 Å². The molecule has 1 aliphatic carbocycles. The van der Waals surface area contributed by atoms with Crippen molar-refractivity contribution in [3.05, 3.63) is 0 Å². The van der Waals surface area contributed by atoms with Gasteiger partial charge in [-0.3, -0.25) is 9.59 Å². The molecule has 17 heavy (non-hydrogen) atoms. The zero-order chi connectivity index (χ0) is 12.5. The minimum absolute atomic E-state index is 0.0225. The maximum absolute atomic E-state index is 12.4. The van der Waals surface area contributed by atoms with Gasteiger partial charge in [0.1, 0.15) is 6.54 Å². The lowest BCUT2D eigenvalue weighted by molar-refractivity contribution is -0.145. The molecule has 96 valence electrons. The number of nitrogens with zero attached hydrogens (tertiary/aromatic N) is 1. The summed E-state index contributed by atoms with van der Waals surface area (Å²) in [5.74, 6) is 0.653. The SMILES string of the molecule is CC1(C(=O)N(CC(=O)O)CC2CC2)CCCS1. The van der Waals surface area contributed by atoms with Gasteiger partial charge in [-0.2, -0.15) is 0 Å². The average Bonchev–Trinajstić information content (AvgIpc) is 2.96. The summed E-state index contributed by atoms with van der Waals surface area (Å²) in [7, 11) is 0. The summed E-state index contributed by atoms with van der Waals surface area (Å²) < 4.78 is -0.385. The van der Waals surface area contributed by atoms with Crippen LogP contribution in [0.5, 0.6) is 0 Å². The Morgan fingerprint density at radius 1 is 1.47 bits per heavy atom. The molecule has 0 bridgehead atoms. The van der Waals surface area contributed by atoms with Gasteiger partial charge in [0.25, 0.3) is 0 Å². The molecule has 1 amide bonds. The topological polar surface area (TPSA) is 57.6 Å². The van der Waals surface area contributed by atoms with E-state index in [0.29, 0.717) is 12.5 Å². The first-order valence-corrected chi connectivity index (χ1v) is 7.15. The molecule has 5 heteroatoms. The van der Waals surface area contributed by atoms with Crippen LogP contribution in [0.15, 0.2) is 0 Å². The third-order valence-electron chi connectivity index (χ3n) is 3.46. The Balaban J connectivity index is 2.02. The summed E-state index contributed by atoms with van der Waals surface area (Å²) in [5.41, 5.74) is 0. The number of rotatable bonds is 5. The fourth-order valence-electron chi connectivity index (χ4n) is 2.28. The van der Waals surface area contributed by atoms with Gasteiger partial charge in [-0.15, -0.1) is 11.8 Å². The molecule has 0 spiro atoms. The largest absolute Gasteiger partial charge is 0.480 e. The second-order valence-corrected chi connectivity index (χ2v) is 6.80. The van der Waals surface area contributed by atoms with Gasteiger partial charge in [0, 0.05) is 6.54 Å². The van der Waals surface area contributed by atoms with Crippen LogP contribution in [0.4, 0.5) is 0 Å². The van der Waals surface area contributed by atoms with E-state index in [2.05, 4.69) is 0 Å². The third kappa shape index (κ3) is 3.15. The third-order valence-corrected chi connectivity index (χ3v) is 4.97. The second-order valence-electron chi connectivity index (χ2n) is 5.21. The van der Waals surface area contributed by atoms with Crippen LogP contribution in [0, 0.1) is 5.92 Å². The van der Waals surface area contributed by atoms with Gasteiger partial charge < -0.3 is 10.0 Å². The minimum atomic E-state index is -0.911. The maximum atomic E-state index is 12.4. The van der Waals surface area contributed by atoms with Crippen LogP contribution in [0.1, 0.15) is 32.6 Å². The number of carboxylic acid groups (broad SMARTS) is 1. The number of hydrogen-bond donors (Lipinski definition) is 1. The van der Waals surface area contributed by atoms with Crippen LogP contribution in [0.25, 0.3) is 0 Å². The molecule has 0 aromatic heterocycles. The summed E-state index contributed by atoms with van der Waals surface area (Å²) in [6.07, 6.45) is 4.19. The number of amides is 1. The number of thioether (sulfide) groups is 1. The molecule has 2 rings (SSSR count). The smallest absolute Gasteiger partial charge is 0.323 e. The van der Waals surface area contributed by atoms with Gasteiger partial charge in [0.15, 0.2) is 0 Å². The Morgan fingerprint density at radius 3 is 2.65 bits per heavy atom. The maximum Gasteiger partial charge on any atom is 0.323 e. The molecule has 4 nitrogen and oxygen atoms in total. The Bertz CT molecular complexity index is 322. The number of aliphatic carboxylic acids is 1. The molecule has 1 atom stereocenters. The summed E-state index contributed by atoms with van der Waals surface area (Å²) in [5, 5.41) is 8.89. The van der Waals surface area contributed by atoms with Gasteiger partial charge in [0.2, 0.25) is 5.91 Å². The quantitative estimate of drug-likeness (QED) is 0.812. The van der Waals surface area contributed by atoms with E-state index in [-0.39, 0.29) is 17.2 Å². The number of carboxylic acids is 1. The van der Waals surface area contributed by atoms with E-state index in [1.54, 1.807) is 16.7 Å². The fourth-order valence-corrected chi connectivity index (χ4v) is 3.56. The van der Waals surface area contributed by atoms with E-state index in [4.69, 9.17) is 5.11 Å². The molecule has 2 fully saturated rings. The summed E-state index contributed by atoms with van der Waals surface area (Å²) >= 11 is 1.67. The molecule has 1 saturated carbocycles. The molecule has 1 N–H and O–H groups in total. The van der Waals surface area contributed by atoms with E-state index in [9.17, 15) is 9.59 Å². The van der Waals surface area contributed by atoms with Crippen molar-refractivity contribution in [3.8, 4) is 0 Å². The second kappa shape index (κ2) is 4.88. The lowest BCUT2D eigenvalue weighted by Crippen LogP contribution is -2.46. The molecular weight excluding hydrogens is 238 g/mol. The van der Waals surface area contributed by atoms with E-state index >= 15 is 0 Å². The standard InChI is InChI=1S/C12H19NO3S/c1-12(5-2-6-17-12)11(16)13(8-10(14)15)7-9-3-4-9/h9H,2-8H2,1H3,(H,14,15).